The van der Waals surface area contributed by atoms with Crippen LogP contribution in [0.25, 0.3) is 16.7 Å². The first-order valence-corrected chi connectivity index (χ1v) is 13.7. The van der Waals surface area contributed by atoms with E-state index in [0.29, 0.717) is 17.0 Å². The van der Waals surface area contributed by atoms with Gasteiger partial charge < -0.3 is 26.2 Å². The van der Waals surface area contributed by atoms with E-state index in [9.17, 15) is 9.59 Å². The Balaban J connectivity index is 1.22. The molecule has 6 rings (SSSR count). The second-order valence-corrected chi connectivity index (χ2v) is 10.3. The minimum absolute atomic E-state index is 0.0430. The van der Waals surface area contributed by atoms with Gasteiger partial charge in [0.25, 0.3) is 11.8 Å². The predicted molar refractivity (Wildman–Crippen MR) is 153 cm³/mol. The minimum atomic E-state index is -0.222. The summed E-state index contributed by atoms with van der Waals surface area (Å²) in [7, 11) is 0. The fourth-order valence-corrected chi connectivity index (χ4v) is 5.32. The monoisotopic (exact) mass is 523 g/mol. The molecule has 1 unspecified atom stereocenters. The Morgan fingerprint density at radius 3 is 2.54 bits per heavy atom. The summed E-state index contributed by atoms with van der Waals surface area (Å²) < 4.78 is 0. The molecule has 4 N–H and O–H groups in total. The van der Waals surface area contributed by atoms with E-state index in [-0.39, 0.29) is 24.0 Å². The second-order valence-electron chi connectivity index (χ2n) is 10.3. The van der Waals surface area contributed by atoms with E-state index >= 15 is 0 Å². The van der Waals surface area contributed by atoms with Gasteiger partial charge in [-0.1, -0.05) is 19.9 Å². The highest BCUT2D eigenvalue weighted by Crippen LogP contribution is 2.41. The maximum Gasteiger partial charge on any atom is 0.270 e. The smallest absolute Gasteiger partial charge is 0.270 e. The van der Waals surface area contributed by atoms with E-state index in [1.807, 2.05) is 32.3 Å². The summed E-state index contributed by atoms with van der Waals surface area (Å²) in [6, 6.07) is 11.8. The zero-order valence-corrected chi connectivity index (χ0v) is 22.3. The van der Waals surface area contributed by atoms with Crippen molar-refractivity contribution < 1.29 is 9.59 Å². The summed E-state index contributed by atoms with van der Waals surface area (Å²) in [6.45, 7) is 6.20. The third-order valence-electron chi connectivity index (χ3n) is 7.69. The number of nitrogens with zero attached hydrogens (tertiary/aromatic N) is 3. The average molecular weight is 524 g/mol. The number of carbonyl (C=O) groups excluding carboxylic acids is 2. The molecule has 2 fully saturated rings. The van der Waals surface area contributed by atoms with Crippen molar-refractivity contribution in [2.45, 2.75) is 51.7 Å². The van der Waals surface area contributed by atoms with Crippen LogP contribution in [-0.2, 0) is 4.79 Å². The van der Waals surface area contributed by atoms with Crippen molar-refractivity contribution in [1.29, 1.82) is 0 Å². The van der Waals surface area contributed by atoms with Crippen molar-refractivity contribution in [3.05, 3.63) is 71.9 Å². The first kappa shape index (κ1) is 24.9. The zero-order valence-electron chi connectivity index (χ0n) is 22.3. The van der Waals surface area contributed by atoms with Gasteiger partial charge in [0.1, 0.15) is 11.9 Å². The molecule has 0 spiro atoms. The number of rotatable bonds is 8. The van der Waals surface area contributed by atoms with Gasteiger partial charge in [-0.2, -0.15) is 0 Å². The molecule has 2 amide bonds. The van der Waals surface area contributed by atoms with Crippen molar-refractivity contribution in [3.63, 3.8) is 0 Å². The summed E-state index contributed by atoms with van der Waals surface area (Å²) in [4.78, 5) is 37.2. The molecule has 1 aromatic carbocycles. The van der Waals surface area contributed by atoms with E-state index in [1.54, 1.807) is 12.1 Å². The molecule has 200 valence electrons. The quantitative estimate of drug-likeness (QED) is 0.324. The number of anilines is 3. The molecule has 9 nitrogen and oxygen atoms in total. The van der Waals surface area contributed by atoms with E-state index < -0.39 is 0 Å². The van der Waals surface area contributed by atoms with Gasteiger partial charge in [-0.15, -0.1) is 0 Å². The van der Waals surface area contributed by atoms with Crippen LogP contribution in [0.3, 0.4) is 0 Å². The van der Waals surface area contributed by atoms with Gasteiger partial charge in [-0.05, 0) is 61.6 Å². The maximum absolute atomic E-state index is 13.5. The molecule has 5 heterocycles. The lowest BCUT2D eigenvalue weighted by Crippen LogP contribution is -2.34. The molecule has 0 saturated carbocycles. The van der Waals surface area contributed by atoms with Gasteiger partial charge in [-0.25, -0.2) is 4.98 Å². The second kappa shape index (κ2) is 10.4. The van der Waals surface area contributed by atoms with Crippen LogP contribution in [0.2, 0.25) is 0 Å². The highest BCUT2D eigenvalue weighted by molar-refractivity contribution is 6.28. The molecule has 0 bridgehead atoms. The summed E-state index contributed by atoms with van der Waals surface area (Å²) >= 11 is 0. The van der Waals surface area contributed by atoms with Gasteiger partial charge >= 0.3 is 0 Å². The fourth-order valence-electron chi connectivity index (χ4n) is 5.32. The largest absolute Gasteiger partial charge is 0.370 e. The topological polar surface area (TPSA) is 121 Å². The van der Waals surface area contributed by atoms with E-state index in [2.05, 4.69) is 54.3 Å². The summed E-state index contributed by atoms with van der Waals surface area (Å²) in [5, 5.41) is 12.7. The number of hydrogen-bond donors (Lipinski definition) is 4. The van der Waals surface area contributed by atoms with Gasteiger partial charge in [0.05, 0.1) is 35.0 Å². The van der Waals surface area contributed by atoms with Gasteiger partial charge in [0.15, 0.2) is 0 Å². The lowest BCUT2D eigenvalue weighted by Gasteiger charge is -2.20. The Hall–Kier alpha value is -4.40. The van der Waals surface area contributed by atoms with Crippen molar-refractivity contribution in [3.8, 4) is 11.1 Å². The van der Waals surface area contributed by atoms with Crippen molar-refractivity contribution in [1.82, 2.24) is 20.6 Å². The number of nitrogens with one attached hydrogen (secondary N) is 4. The number of amides is 2. The molecule has 1 atom stereocenters. The van der Waals surface area contributed by atoms with Crippen LogP contribution in [0.15, 0.2) is 60.7 Å². The lowest BCUT2D eigenvalue weighted by molar-refractivity contribution is -0.111. The van der Waals surface area contributed by atoms with Crippen molar-refractivity contribution >= 4 is 34.4 Å². The highest BCUT2D eigenvalue weighted by atomic mass is 16.2. The molecule has 2 saturated heterocycles. The van der Waals surface area contributed by atoms with Gasteiger partial charge in [0.2, 0.25) is 0 Å². The first-order chi connectivity index (χ1) is 19.0. The normalized spacial score (nSPS) is 17.2. The Kier molecular flexibility index (Phi) is 6.64. The Bertz CT molecular complexity index is 1440. The van der Waals surface area contributed by atoms with Crippen LogP contribution in [0.1, 0.15) is 55.6 Å². The minimum Gasteiger partial charge on any atom is -0.370 e. The fraction of sp³-hybridized carbons (Fsp3) is 0.333. The number of aromatic nitrogens is 2. The third kappa shape index (κ3) is 5.04. The highest BCUT2D eigenvalue weighted by Gasteiger charge is 2.40. The van der Waals surface area contributed by atoms with E-state index in [1.165, 1.54) is 19.0 Å². The van der Waals surface area contributed by atoms with Crippen LogP contribution in [0.4, 0.5) is 17.1 Å². The number of carbonyl (C=O) groups is 2. The standard InChI is InChI=1S/C30H33N7O2/c1-3-20(4-2)33-29(38)25-10-8-21(16-32-25)34-30(39)26-23-14-18(7-9-24(23)35-28-27(26)36-28)19-13-22(17-31-15-19)37-11-5-6-12-37/h7-10,13-17,20,28,35-36H,3-6,11-12H2,1-2H3,(H,33,38)(H,34,39). The van der Waals surface area contributed by atoms with E-state index in [0.717, 1.165) is 59.7 Å². The molecule has 3 aliphatic heterocycles. The Morgan fingerprint density at radius 1 is 0.974 bits per heavy atom. The first-order valence-electron chi connectivity index (χ1n) is 13.7. The molecular weight excluding hydrogens is 490 g/mol. The molecule has 0 radical (unpaired) electrons. The third-order valence-corrected chi connectivity index (χ3v) is 7.69. The van der Waals surface area contributed by atoms with Crippen LogP contribution in [0, 0.1) is 0 Å². The zero-order chi connectivity index (χ0) is 26.9. The molecule has 39 heavy (non-hydrogen) atoms. The number of benzene rings is 1. The Morgan fingerprint density at radius 2 is 1.79 bits per heavy atom. The molecule has 3 aromatic rings. The number of hydrogen-bond acceptors (Lipinski definition) is 7. The maximum atomic E-state index is 13.5. The van der Waals surface area contributed by atoms with Crippen LogP contribution in [-0.4, -0.2) is 47.1 Å². The lowest BCUT2D eigenvalue weighted by atomic mass is 9.95. The van der Waals surface area contributed by atoms with Gasteiger partial charge in [-0.3, -0.25) is 14.6 Å². The SMILES string of the molecule is CCC(CC)NC(=O)c1ccc(NC(=O)C2=C3NC3Nc3ccc(-c4cncc(N5CCCC5)c4)cc32)cn1. The molecular formula is C30H33N7O2. The average Bonchev–Trinajstić information content (AvgIpc) is 3.51. The van der Waals surface area contributed by atoms with Crippen molar-refractivity contribution in [2.24, 2.45) is 0 Å². The van der Waals surface area contributed by atoms with E-state index in [4.69, 9.17) is 0 Å². The van der Waals surface area contributed by atoms with Crippen LogP contribution in [0.5, 0.6) is 0 Å². The molecule has 9 heteroatoms. The molecule has 0 aliphatic carbocycles. The summed E-state index contributed by atoms with van der Waals surface area (Å²) in [5.41, 5.74) is 7.22. The van der Waals surface area contributed by atoms with Crippen LogP contribution < -0.4 is 26.2 Å². The summed E-state index contributed by atoms with van der Waals surface area (Å²) in [5.74, 6) is -0.431. The number of pyridine rings is 2. The van der Waals surface area contributed by atoms with Crippen LogP contribution >= 0.6 is 0 Å². The summed E-state index contributed by atoms with van der Waals surface area (Å²) in [6.07, 6.45) is 9.41. The molecule has 2 aromatic heterocycles. The predicted octanol–water partition coefficient (Wildman–Crippen LogP) is 4.37. The van der Waals surface area contributed by atoms with Gasteiger partial charge in [0, 0.05) is 42.1 Å². The molecule has 3 aliphatic rings. The van der Waals surface area contributed by atoms with Crippen molar-refractivity contribution in [2.75, 3.05) is 28.6 Å². The number of fused-ring (bicyclic) bond motifs is 2. The Labute approximate surface area is 228 Å².